The molecular formula is C17H31N3O2S. The lowest BCUT2D eigenvalue weighted by atomic mass is 9.92. The summed E-state index contributed by atoms with van der Waals surface area (Å²) in [5.41, 5.74) is 0.394. The summed E-state index contributed by atoms with van der Waals surface area (Å²) in [5, 5.41) is 4.70. The van der Waals surface area contributed by atoms with Crippen molar-refractivity contribution in [1.29, 1.82) is 0 Å². The molecule has 0 aliphatic heterocycles. The van der Waals surface area contributed by atoms with Crippen LogP contribution in [0.5, 0.6) is 0 Å². The van der Waals surface area contributed by atoms with Gasteiger partial charge in [0.05, 0.1) is 11.7 Å². The Kier molecular flexibility index (Phi) is 5.56. The van der Waals surface area contributed by atoms with E-state index in [1.165, 1.54) is 17.1 Å². The van der Waals surface area contributed by atoms with Gasteiger partial charge in [-0.1, -0.05) is 47.0 Å². The number of unbranched alkanes of at least 4 members (excludes halogenated alkanes) is 1. The van der Waals surface area contributed by atoms with Gasteiger partial charge in [0.15, 0.2) is 0 Å². The Balaban J connectivity index is 2.42. The summed E-state index contributed by atoms with van der Waals surface area (Å²) >= 11 is 0. The van der Waals surface area contributed by atoms with Crippen LogP contribution in [0.15, 0.2) is 11.1 Å². The second-order valence-corrected chi connectivity index (χ2v) is 9.70. The summed E-state index contributed by atoms with van der Waals surface area (Å²) in [6.45, 7) is 8.70. The minimum absolute atomic E-state index is 0.294. The first-order chi connectivity index (χ1) is 10.7. The molecule has 0 unspecified atom stereocenters. The molecule has 0 bridgehead atoms. The summed E-state index contributed by atoms with van der Waals surface area (Å²) in [4.78, 5) is 0.385. The largest absolute Gasteiger partial charge is 0.268 e. The van der Waals surface area contributed by atoms with Crippen molar-refractivity contribution in [3.63, 3.8) is 0 Å². The number of hydrogen-bond acceptors (Lipinski definition) is 3. The summed E-state index contributed by atoms with van der Waals surface area (Å²) in [6.07, 6.45) is 8.22. The predicted octanol–water partition coefficient (Wildman–Crippen LogP) is 3.72. The predicted molar refractivity (Wildman–Crippen MR) is 93.2 cm³/mol. The van der Waals surface area contributed by atoms with Crippen molar-refractivity contribution in [3.8, 4) is 0 Å². The topological polar surface area (TPSA) is 55.2 Å². The second-order valence-electron chi connectivity index (χ2n) is 7.69. The van der Waals surface area contributed by atoms with Gasteiger partial charge in [0, 0.05) is 25.2 Å². The van der Waals surface area contributed by atoms with Crippen molar-refractivity contribution in [2.45, 2.75) is 82.6 Å². The number of nitrogens with zero attached hydrogens (tertiary/aromatic N) is 3. The Hall–Kier alpha value is -0.880. The summed E-state index contributed by atoms with van der Waals surface area (Å²) in [5.74, 6) is 0. The van der Waals surface area contributed by atoms with E-state index in [2.05, 4.69) is 6.92 Å². The molecule has 0 N–H and O–H groups in total. The summed E-state index contributed by atoms with van der Waals surface area (Å²) in [7, 11) is -1.81. The van der Waals surface area contributed by atoms with Crippen LogP contribution in [0.3, 0.4) is 0 Å². The third-order valence-corrected chi connectivity index (χ3v) is 6.48. The van der Waals surface area contributed by atoms with Gasteiger partial charge in [-0.2, -0.15) is 5.10 Å². The molecular weight excluding hydrogens is 310 g/mol. The van der Waals surface area contributed by atoms with E-state index in [1.807, 2.05) is 25.5 Å². The molecule has 0 atom stereocenters. The van der Waals surface area contributed by atoms with E-state index in [1.54, 1.807) is 13.2 Å². The molecule has 0 spiro atoms. The Labute approximate surface area is 141 Å². The Morgan fingerprint density at radius 3 is 2.43 bits per heavy atom. The Bertz CT molecular complexity index is 623. The van der Waals surface area contributed by atoms with Crippen molar-refractivity contribution in [3.05, 3.63) is 11.9 Å². The zero-order valence-electron chi connectivity index (χ0n) is 15.2. The number of aromatic nitrogens is 2. The Morgan fingerprint density at radius 1 is 1.30 bits per heavy atom. The van der Waals surface area contributed by atoms with E-state index < -0.39 is 10.0 Å². The molecule has 23 heavy (non-hydrogen) atoms. The molecule has 1 heterocycles. The first kappa shape index (κ1) is 18.5. The highest BCUT2D eigenvalue weighted by molar-refractivity contribution is 7.89. The van der Waals surface area contributed by atoms with Crippen molar-refractivity contribution in [2.24, 2.45) is 0 Å². The quantitative estimate of drug-likeness (QED) is 0.792. The van der Waals surface area contributed by atoms with Crippen LogP contribution < -0.4 is 0 Å². The average Bonchev–Trinajstić information content (AvgIpc) is 3.11. The Morgan fingerprint density at radius 2 is 1.91 bits per heavy atom. The molecule has 1 aromatic rings. The zero-order valence-corrected chi connectivity index (χ0v) is 16.0. The van der Waals surface area contributed by atoms with Crippen LogP contribution in [-0.2, 0) is 15.4 Å². The van der Waals surface area contributed by atoms with E-state index in [4.69, 9.17) is 5.10 Å². The molecule has 5 nitrogen and oxygen atoms in total. The fourth-order valence-electron chi connectivity index (χ4n) is 3.11. The van der Waals surface area contributed by atoms with Crippen molar-refractivity contribution >= 4 is 10.0 Å². The highest BCUT2D eigenvalue weighted by Gasteiger charge is 2.33. The molecule has 1 fully saturated rings. The van der Waals surface area contributed by atoms with E-state index in [-0.39, 0.29) is 5.41 Å². The van der Waals surface area contributed by atoms with Gasteiger partial charge in [-0.25, -0.2) is 12.7 Å². The van der Waals surface area contributed by atoms with Crippen LogP contribution in [0.1, 0.15) is 78.0 Å². The molecule has 0 radical (unpaired) electrons. The maximum atomic E-state index is 13.0. The highest BCUT2D eigenvalue weighted by atomic mass is 32.2. The van der Waals surface area contributed by atoms with Gasteiger partial charge in [0.1, 0.15) is 4.90 Å². The normalized spacial score (nSPS) is 17.3. The fraction of sp³-hybridized carbons (Fsp3) is 0.824. The van der Waals surface area contributed by atoms with E-state index >= 15 is 0 Å². The molecule has 132 valence electrons. The lowest BCUT2D eigenvalue weighted by Crippen LogP contribution is -2.29. The lowest BCUT2D eigenvalue weighted by molar-refractivity contribution is 0.448. The van der Waals surface area contributed by atoms with Crippen molar-refractivity contribution in [2.75, 3.05) is 13.6 Å². The van der Waals surface area contributed by atoms with Crippen LogP contribution >= 0.6 is 0 Å². The minimum Gasteiger partial charge on any atom is -0.268 e. The zero-order chi connectivity index (χ0) is 17.3. The average molecular weight is 342 g/mol. The molecule has 0 amide bonds. The van der Waals surface area contributed by atoms with Crippen LogP contribution in [0.25, 0.3) is 0 Å². The van der Waals surface area contributed by atoms with E-state index in [0.717, 1.165) is 25.7 Å². The van der Waals surface area contributed by atoms with Gasteiger partial charge in [0.25, 0.3) is 0 Å². The third-order valence-electron chi connectivity index (χ3n) is 4.62. The number of hydrogen-bond donors (Lipinski definition) is 0. The molecule has 1 saturated carbocycles. The van der Waals surface area contributed by atoms with E-state index in [9.17, 15) is 8.42 Å². The number of sulfonamides is 1. The van der Waals surface area contributed by atoms with Crippen LogP contribution in [-0.4, -0.2) is 36.1 Å². The molecule has 0 saturated heterocycles. The summed E-state index contributed by atoms with van der Waals surface area (Å²) < 4.78 is 29.4. The maximum absolute atomic E-state index is 13.0. The lowest BCUT2D eigenvalue weighted by Gasteiger charge is -2.21. The minimum atomic E-state index is -3.48. The van der Waals surface area contributed by atoms with Gasteiger partial charge < -0.3 is 0 Å². The molecule has 1 aliphatic rings. The second kappa shape index (κ2) is 6.93. The fourth-order valence-corrected chi connectivity index (χ4v) is 4.65. The van der Waals surface area contributed by atoms with Gasteiger partial charge >= 0.3 is 0 Å². The summed E-state index contributed by atoms with van der Waals surface area (Å²) in [6, 6.07) is 0.348. The smallest absolute Gasteiger partial charge is 0.246 e. The monoisotopic (exact) mass is 341 g/mol. The van der Waals surface area contributed by atoms with Crippen molar-refractivity contribution < 1.29 is 8.42 Å². The molecule has 0 aromatic carbocycles. The first-order valence-corrected chi connectivity index (χ1v) is 10.2. The van der Waals surface area contributed by atoms with E-state index in [0.29, 0.717) is 23.2 Å². The maximum Gasteiger partial charge on any atom is 0.246 e. The van der Waals surface area contributed by atoms with Gasteiger partial charge in [-0.3, -0.25) is 4.68 Å². The highest BCUT2D eigenvalue weighted by Crippen LogP contribution is 2.34. The van der Waals surface area contributed by atoms with Crippen LogP contribution in [0.2, 0.25) is 0 Å². The molecule has 1 aromatic heterocycles. The third kappa shape index (κ3) is 3.97. The van der Waals surface area contributed by atoms with Gasteiger partial charge in [0.2, 0.25) is 10.0 Å². The van der Waals surface area contributed by atoms with Crippen molar-refractivity contribution in [1.82, 2.24) is 14.1 Å². The molecule has 1 aliphatic carbocycles. The van der Waals surface area contributed by atoms with Crippen LogP contribution in [0, 0.1) is 0 Å². The standard InChI is InChI=1S/C17H31N3O2S/c1-6-7-12-19(5)23(21,22)15-13-20(14-10-8-9-11-14)18-16(15)17(2,3)4/h13-14H,6-12H2,1-5H3. The molecule has 6 heteroatoms. The van der Waals surface area contributed by atoms with Gasteiger partial charge in [-0.15, -0.1) is 0 Å². The van der Waals surface area contributed by atoms with Gasteiger partial charge in [-0.05, 0) is 19.3 Å². The SMILES string of the molecule is CCCCN(C)S(=O)(=O)c1cn(C2CCCC2)nc1C(C)(C)C. The number of rotatable bonds is 6. The molecule has 2 rings (SSSR count). The first-order valence-electron chi connectivity index (χ1n) is 8.74. The van der Waals surface area contributed by atoms with Crippen LogP contribution in [0.4, 0.5) is 0 Å².